The molecule has 0 bridgehead atoms. The minimum atomic E-state index is -0.156. The number of aromatic nitrogens is 2. The average Bonchev–Trinajstić information content (AvgIpc) is 4.19. The molecule has 0 N–H and O–H groups in total. The molecule has 0 radical (unpaired) electrons. The predicted octanol–water partition coefficient (Wildman–Crippen LogP) is 19.7. The lowest BCUT2D eigenvalue weighted by molar-refractivity contribution is 0.659. The zero-order chi connectivity index (χ0) is 50.9. The lowest BCUT2D eigenvalue weighted by Crippen LogP contribution is -2.15. The summed E-state index contributed by atoms with van der Waals surface area (Å²) in [4.78, 5) is 0. The second-order valence-electron chi connectivity index (χ2n) is 22.2. The maximum atomic E-state index is 2.46. The van der Waals surface area contributed by atoms with Gasteiger partial charge in [-0.05, 0) is 161 Å². The van der Waals surface area contributed by atoms with Gasteiger partial charge in [0, 0.05) is 43.7 Å². The fraction of sp³-hybridized carbons (Fsp3) is 0.0811. The van der Waals surface area contributed by atoms with Gasteiger partial charge in [-0.15, -0.1) is 0 Å². The molecule has 0 saturated heterocycles. The number of hydrogen-bond acceptors (Lipinski definition) is 0. The van der Waals surface area contributed by atoms with Crippen LogP contribution in [0.3, 0.4) is 0 Å². The summed E-state index contributed by atoms with van der Waals surface area (Å²) in [6.07, 6.45) is 9.10. The molecule has 76 heavy (non-hydrogen) atoms. The van der Waals surface area contributed by atoms with Crippen LogP contribution in [0.25, 0.3) is 123 Å². The van der Waals surface area contributed by atoms with Gasteiger partial charge in [-0.25, -0.2) is 0 Å². The van der Waals surface area contributed by atoms with Crippen LogP contribution in [0.15, 0.2) is 231 Å². The van der Waals surface area contributed by atoms with E-state index in [1.165, 1.54) is 144 Å². The van der Waals surface area contributed by atoms with E-state index in [1.807, 2.05) is 0 Å². The van der Waals surface area contributed by atoms with Gasteiger partial charge in [0.2, 0.25) is 0 Å². The van der Waals surface area contributed by atoms with E-state index < -0.39 is 0 Å². The van der Waals surface area contributed by atoms with E-state index in [-0.39, 0.29) is 10.8 Å². The predicted molar refractivity (Wildman–Crippen MR) is 324 cm³/mol. The lowest BCUT2D eigenvalue weighted by Gasteiger charge is -2.23. The number of rotatable bonds is 7. The van der Waals surface area contributed by atoms with Crippen LogP contribution in [0.1, 0.15) is 72.2 Å². The third-order valence-electron chi connectivity index (χ3n) is 17.1. The molecule has 0 fully saturated rings. The highest BCUT2D eigenvalue weighted by Crippen LogP contribution is 2.53. The quantitative estimate of drug-likeness (QED) is 0.141. The van der Waals surface area contributed by atoms with Gasteiger partial charge in [-0.2, -0.15) is 0 Å². The zero-order valence-corrected chi connectivity index (χ0v) is 43.1. The standard InChI is InChI=1S/C74H54N2/c1-73(2)65-42-49(24-22-47-28-38-71-63(40-47)61-18-10-12-20-69(61)75(71)55-16-6-5-7-17-55)26-34-57(65)59-36-31-53(45-67(59)73)54-32-37-60-58-35-27-50(43-66(58)74(3,4)68(60)46-54)25-23-48-29-39-72-64(41-48)62-19-11-13-21-70(62)76(72)56-33-30-51-14-8-9-15-52(51)44-56/h5-46H,1-4H3/b24-22+,25-23+. The normalized spacial score (nSPS) is 14.2. The Labute approximate surface area is 443 Å². The Bertz CT molecular complexity index is 4630. The molecular weight excluding hydrogens is 917 g/mol. The second kappa shape index (κ2) is 16.6. The maximum absolute atomic E-state index is 2.46. The Kier molecular flexibility index (Phi) is 9.69. The first-order chi connectivity index (χ1) is 37.2. The molecule has 15 rings (SSSR count). The molecule has 360 valence electrons. The Hall–Kier alpha value is -9.24. The zero-order valence-electron chi connectivity index (χ0n) is 43.1. The molecule has 0 atom stereocenters. The molecule has 2 heteroatoms. The summed E-state index contributed by atoms with van der Waals surface area (Å²) in [7, 11) is 0. The Morgan fingerprint density at radius 3 is 1.20 bits per heavy atom. The van der Waals surface area contributed by atoms with Crippen molar-refractivity contribution in [2.24, 2.45) is 0 Å². The summed E-state index contributed by atoms with van der Waals surface area (Å²) in [5, 5.41) is 7.56. The smallest absolute Gasteiger partial charge is 0.0541 e. The minimum absolute atomic E-state index is 0.151. The highest BCUT2D eigenvalue weighted by atomic mass is 15.0. The summed E-state index contributed by atoms with van der Waals surface area (Å²) in [6, 6.07) is 85.7. The van der Waals surface area contributed by atoms with Crippen molar-refractivity contribution in [2.45, 2.75) is 38.5 Å². The first kappa shape index (κ1) is 44.3. The number of hydrogen-bond donors (Lipinski definition) is 0. The fourth-order valence-corrected chi connectivity index (χ4v) is 13.1. The summed E-state index contributed by atoms with van der Waals surface area (Å²) in [6.45, 7) is 9.57. The molecule has 2 nitrogen and oxygen atoms in total. The highest BCUT2D eigenvalue weighted by molar-refractivity contribution is 6.11. The van der Waals surface area contributed by atoms with E-state index >= 15 is 0 Å². The van der Waals surface area contributed by atoms with E-state index in [4.69, 9.17) is 0 Å². The molecule has 11 aromatic carbocycles. The van der Waals surface area contributed by atoms with Crippen LogP contribution >= 0.6 is 0 Å². The first-order valence-corrected chi connectivity index (χ1v) is 26.7. The molecule has 0 spiro atoms. The van der Waals surface area contributed by atoms with E-state index in [9.17, 15) is 0 Å². The van der Waals surface area contributed by atoms with Crippen molar-refractivity contribution in [3.8, 4) is 44.8 Å². The van der Waals surface area contributed by atoms with Crippen LogP contribution in [-0.4, -0.2) is 9.13 Å². The SMILES string of the molecule is CC1(C)c2cc(/C=C/c3ccc4c(c3)c3ccccc3n4-c3ccccc3)ccc2-c2ccc(-c3ccc4c(c3)C(C)(C)c3cc(/C=C/c5ccc6c(c5)c5ccccc5n6-c5ccc6ccccc6c5)ccc3-4)cc21. The number of fused-ring (bicyclic) bond motifs is 13. The van der Waals surface area contributed by atoms with Gasteiger partial charge in [0.1, 0.15) is 0 Å². The van der Waals surface area contributed by atoms with Crippen LogP contribution in [0.4, 0.5) is 0 Å². The fourth-order valence-electron chi connectivity index (χ4n) is 13.1. The topological polar surface area (TPSA) is 9.86 Å². The molecule has 0 unspecified atom stereocenters. The van der Waals surface area contributed by atoms with E-state index in [1.54, 1.807) is 0 Å². The molecule has 2 aliphatic carbocycles. The number of para-hydroxylation sites is 3. The van der Waals surface area contributed by atoms with Gasteiger partial charge >= 0.3 is 0 Å². The Morgan fingerprint density at radius 2 is 0.671 bits per heavy atom. The summed E-state index contributed by atoms with van der Waals surface area (Å²) in [5.41, 5.74) is 25.1. The van der Waals surface area contributed by atoms with E-state index in [0.717, 1.165) is 0 Å². The van der Waals surface area contributed by atoms with Crippen molar-refractivity contribution in [1.29, 1.82) is 0 Å². The summed E-state index contributed by atoms with van der Waals surface area (Å²) >= 11 is 0. The molecule has 0 aliphatic heterocycles. The first-order valence-electron chi connectivity index (χ1n) is 26.7. The molecule has 13 aromatic rings. The molecular formula is C74H54N2. The van der Waals surface area contributed by atoms with Crippen molar-refractivity contribution in [1.82, 2.24) is 9.13 Å². The third kappa shape index (κ3) is 6.80. The minimum Gasteiger partial charge on any atom is -0.309 e. The average molecular weight is 971 g/mol. The van der Waals surface area contributed by atoms with Gasteiger partial charge in [-0.3, -0.25) is 0 Å². The summed E-state index contributed by atoms with van der Waals surface area (Å²) in [5.74, 6) is 0. The van der Waals surface area contributed by atoms with Crippen molar-refractivity contribution in [3.05, 3.63) is 275 Å². The molecule has 0 amide bonds. The van der Waals surface area contributed by atoms with Crippen molar-refractivity contribution in [3.63, 3.8) is 0 Å². The Balaban J connectivity index is 0.692. The third-order valence-corrected chi connectivity index (χ3v) is 17.1. The summed E-state index contributed by atoms with van der Waals surface area (Å²) < 4.78 is 4.78. The van der Waals surface area contributed by atoms with Gasteiger partial charge in [0.25, 0.3) is 0 Å². The second-order valence-corrected chi connectivity index (χ2v) is 22.2. The van der Waals surface area contributed by atoms with Crippen LogP contribution in [0.5, 0.6) is 0 Å². The number of nitrogens with zero attached hydrogens (tertiary/aromatic N) is 2. The van der Waals surface area contributed by atoms with Crippen LogP contribution in [0.2, 0.25) is 0 Å². The molecule has 2 aliphatic rings. The molecule has 2 heterocycles. The largest absolute Gasteiger partial charge is 0.309 e. The van der Waals surface area contributed by atoms with Gasteiger partial charge in [0.15, 0.2) is 0 Å². The van der Waals surface area contributed by atoms with Crippen molar-refractivity contribution in [2.75, 3.05) is 0 Å². The van der Waals surface area contributed by atoms with Crippen LogP contribution in [-0.2, 0) is 10.8 Å². The van der Waals surface area contributed by atoms with Gasteiger partial charge < -0.3 is 9.13 Å². The maximum Gasteiger partial charge on any atom is 0.0541 e. The van der Waals surface area contributed by atoms with E-state index in [2.05, 4.69) is 292 Å². The van der Waals surface area contributed by atoms with Gasteiger partial charge in [-0.1, -0.05) is 210 Å². The van der Waals surface area contributed by atoms with Crippen molar-refractivity contribution >= 4 is 78.7 Å². The van der Waals surface area contributed by atoms with E-state index in [0.29, 0.717) is 0 Å². The Morgan fingerprint density at radius 1 is 0.276 bits per heavy atom. The van der Waals surface area contributed by atoms with Crippen LogP contribution < -0.4 is 0 Å². The molecule has 0 saturated carbocycles. The molecule has 2 aromatic heterocycles. The highest BCUT2D eigenvalue weighted by Gasteiger charge is 2.38. The lowest BCUT2D eigenvalue weighted by atomic mass is 9.80. The van der Waals surface area contributed by atoms with Crippen molar-refractivity contribution < 1.29 is 0 Å². The van der Waals surface area contributed by atoms with Crippen LogP contribution in [0, 0.1) is 0 Å². The monoisotopic (exact) mass is 970 g/mol. The van der Waals surface area contributed by atoms with Gasteiger partial charge in [0.05, 0.1) is 22.1 Å². The number of benzene rings is 11.